The number of aliphatic hydroxyl groups is 1. The van der Waals surface area contributed by atoms with Gasteiger partial charge in [0.05, 0.1) is 19.2 Å². The Morgan fingerprint density at radius 1 is 1.24 bits per heavy atom. The molecule has 120 valence electrons. The molecule has 21 heavy (non-hydrogen) atoms. The third kappa shape index (κ3) is 5.73. The molecule has 0 aliphatic carbocycles. The van der Waals surface area contributed by atoms with Crippen LogP contribution in [-0.4, -0.2) is 32.5 Å². The number of hydrogen-bond acceptors (Lipinski definition) is 4. The zero-order chi connectivity index (χ0) is 15.9. The number of benzene rings is 1. The van der Waals surface area contributed by atoms with E-state index < -0.39 is 0 Å². The molecule has 0 radical (unpaired) electrons. The van der Waals surface area contributed by atoms with Crippen LogP contribution in [0.3, 0.4) is 0 Å². The lowest BCUT2D eigenvalue weighted by atomic mass is 9.88. The van der Waals surface area contributed by atoms with E-state index in [9.17, 15) is 0 Å². The standard InChI is InChI=1S/C16H26ClNO3/c1-16(2,6-5-7-19)11-18-10-12-8-13(17)15(21-4)14(9-12)20-3/h8-9,18-19H,5-7,10-11H2,1-4H3. The fourth-order valence-electron chi connectivity index (χ4n) is 2.26. The third-order valence-corrected chi connectivity index (χ3v) is 3.72. The number of hydrogen-bond donors (Lipinski definition) is 2. The number of aliphatic hydroxyl groups excluding tert-OH is 1. The van der Waals surface area contributed by atoms with Gasteiger partial charge in [-0.1, -0.05) is 25.4 Å². The fraction of sp³-hybridized carbons (Fsp3) is 0.625. The second-order valence-corrected chi connectivity index (χ2v) is 6.32. The topological polar surface area (TPSA) is 50.7 Å². The average Bonchev–Trinajstić information content (AvgIpc) is 2.44. The highest BCUT2D eigenvalue weighted by molar-refractivity contribution is 6.32. The zero-order valence-electron chi connectivity index (χ0n) is 13.3. The second kappa shape index (κ2) is 8.47. The highest BCUT2D eigenvalue weighted by Crippen LogP contribution is 2.36. The van der Waals surface area contributed by atoms with Gasteiger partial charge >= 0.3 is 0 Å². The summed E-state index contributed by atoms with van der Waals surface area (Å²) >= 11 is 6.19. The number of nitrogens with one attached hydrogen (secondary N) is 1. The van der Waals surface area contributed by atoms with Gasteiger partial charge in [0, 0.05) is 19.7 Å². The summed E-state index contributed by atoms with van der Waals surface area (Å²) in [6, 6.07) is 3.81. The van der Waals surface area contributed by atoms with Gasteiger partial charge in [0.2, 0.25) is 0 Å². The molecule has 1 rings (SSSR count). The van der Waals surface area contributed by atoms with Gasteiger partial charge in [0.1, 0.15) is 0 Å². The molecule has 0 atom stereocenters. The molecule has 4 nitrogen and oxygen atoms in total. The maximum Gasteiger partial charge on any atom is 0.179 e. The molecule has 0 aliphatic heterocycles. The third-order valence-electron chi connectivity index (χ3n) is 3.44. The van der Waals surface area contributed by atoms with Gasteiger partial charge in [0.15, 0.2) is 11.5 Å². The van der Waals surface area contributed by atoms with Crippen LogP contribution in [0.2, 0.25) is 5.02 Å². The fourth-order valence-corrected chi connectivity index (χ4v) is 2.58. The Labute approximate surface area is 132 Å². The molecule has 0 heterocycles. The normalized spacial score (nSPS) is 11.5. The Morgan fingerprint density at radius 3 is 2.52 bits per heavy atom. The minimum absolute atomic E-state index is 0.156. The van der Waals surface area contributed by atoms with Gasteiger partial charge in [-0.2, -0.15) is 0 Å². The summed E-state index contributed by atoms with van der Waals surface area (Å²) in [4.78, 5) is 0. The van der Waals surface area contributed by atoms with Crippen LogP contribution in [0, 0.1) is 5.41 Å². The van der Waals surface area contributed by atoms with Crippen LogP contribution < -0.4 is 14.8 Å². The lowest BCUT2D eigenvalue weighted by molar-refractivity contribution is 0.236. The average molecular weight is 316 g/mol. The molecular formula is C16H26ClNO3. The van der Waals surface area contributed by atoms with Crippen LogP contribution in [0.25, 0.3) is 0 Å². The Hall–Kier alpha value is -0.970. The van der Waals surface area contributed by atoms with E-state index in [2.05, 4.69) is 19.2 Å². The Morgan fingerprint density at radius 2 is 1.95 bits per heavy atom. The second-order valence-electron chi connectivity index (χ2n) is 5.91. The van der Waals surface area contributed by atoms with Crippen LogP contribution in [0.5, 0.6) is 11.5 Å². The molecule has 2 N–H and O–H groups in total. The van der Waals surface area contributed by atoms with Crippen molar-refractivity contribution in [2.75, 3.05) is 27.4 Å². The molecule has 0 saturated carbocycles. The molecule has 0 aromatic heterocycles. The molecule has 0 fully saturated rings. The van der Waals surface area contributed by atoms with Crippen molar-refractivity contribution < 1.29 is 14.6 Å². The van der Waals surface area contributed by atoms with Crippen molar-refractivity contribution >= 4 is 11.6 Å². The molecule has 0 spiro atoms. The minimum Gasteiger partial charge on any atom is -0.493 e. The van der Waals surface area contributed by atoms with E-state index in [1.165, 1.54) is 0 Å². The van der Waals surface area contributed by atoms with Gasteiger partial charge in [-0.25, -0.2) is 0 Å². The van der Waals surface area contributed by atoms with E-state index in [4.69, 9.17) is 26.2 Å². The number of halogens is 1. The Bertz CT molecular complexity index is 449. The van der Waals surface area contributed by atoms with Gasteiger partial charge in [-0.15, -0.1) is 0 Å². The van der Waals surface area contributed by atoms with E-state index in [0.29, 0.717) is 23.1 Å². The Kier molecular flexibility index (Phi) is 7.29. The van der Waals surface area contributed by atoms with Crippen LogP contribution in [0.15, 0.2) is 12.1 Å². The monoisotopic (exact) mass is 315 g/mol. The molecule has 1 aromatic carbocycles. The molecule has 0 unspecified atom stereocenters. The first-order chi connectivity index (χ1) is 9.93. The molecule has 0 bridgehead atoms. The predicted molar refractivity (Wildman–Crippen MR) is 86.4 cm³/mol. The van der Waals surface area contributed by atoms with Crippen molar-refractivity contribution in [1.82, 2.24) is 5.32 Å². The lowest BCUT2D eigenvalue weighted by Gasteiger charge is -2.25. The summed E-state index contributed by atoms with van der Waals surface area (Å²) < 4.78 is 10.5. The first-order valence-electron chi connectivity index (χ1n) is 7.15. The highest BCUT2D eigenvalue weighted by Gasteiger charge is 2.17. The highest BCUT2D eigenvalue weighted by atomic mass is 35.5. The molecular weight excluding hydrogens is 290 g/mol. The van der Waals surface area contributed by atoms with E-state index in [1.807, 2.05) is 12.1 Å². The maximum atomic E-state index is 8.91. The van der Waals surface area contributed by atoms with Gasteiger partial charge < -0.3 is 19.9 Å². The van der Waals surface area contributed by atoms with Crippen molar-refractivity contribution in [3.63, 3.8) is 0 Å². The summed E-state index contributed by atoms with van der Waals surface area (Å²) in [5.41, 5.74) is 1.21. The zero-order valence-corrected chi connectivity index (χ0v) is 14.1. The number of rotatable bonds is 9. The van der Waals surface area contributed by atoms with Crippen LogP contribution in [0.4, 0.5) is 0 Å². The largest absolute Gasteiger partial charge is 0.493 e. The molecule has 0 saturated heterocycles. The first kappa shape index (κ1) is 18.1. The van der Waals surface area contributed by atoms with Crippen molar-refractivity contribution in [2.24, 2.45) is 5.41 Å². The molecule has 0 aliphatic rings. The SMILES string of the molecule is COc1cc(CNCC(C)(C)CCCO)cc(Cl)c1OC. The number of ether oxygens (including phenoxy) is 2. The van der Waals surface area contributed by atoms with Crippen molar-refractivity contribution in [3.8, 4) is 11.5 Å². The summed E-state index contributed by atoms with van der Waals surface area (Å²) in [6.07, 6.45) is 1.82. The van der Waals surface area contributed by atoms with E-state index in [-0.39, 0.29) is 12.0 Å². The number of methoxy groups -OCH3 is 2. The van der Waals surface area contributed by atoms with E-state index >= 15 is 0 Å². The summed E-state index contributed by atoms with van der Waals surface area (Å²) in [5.74, 6) is 1.20. The smallest absolute Gasteiger partial charge is 0.179 e. The van der Waals surface area contributed by atoms with E-state index in [1.54, 1.807) is 14.2 Å². The first-order valence-corrected chi connectivity index (χ1v) is 7.53. The Balaban J connectivity index is 2.62. The molecule has 0 amide bonds. The molecule has 1 aromatic rings. The van der Waals surface area contributed by atoms with Crippen LogP contribution >= 0.6 is 11.6 Å². The van der Waals surface area contributed by atoms with Crippen LogP contribution in [0.1, 0.15) is 32.3 Å². The van der Waals surface area contributed by atoms with Crippen molar-refractivity contribution in [1.29, 1.82) is 0 Å². The lowest BCUT2D eigenvalue weighted by Crippen LogP contribution is -2.29. The van der Waals surface area contributed by atoms with Crippen molar-refractivity contribution in [3.05, 3.63) is 22.7 Å². The maximum absolute atomic E-state index is 8.91. The summed E-state index contributed by atoms with van der Waals surface area (Å²) in [6.45, 7) is 6.21. The van der Waals surface area contributed by atoms with Crippen molar-refractivity contribution in [2.45, 2.75) is 33.2 Å². The summed E-state index contributed by atoms with van der Waals surface area (Å²) in [7, 11) is 3.18. The quantitative estimate of drug-likeness (QED) is 0.734. The molecule has 5 heteroatoms. The predicted octanol–water partition coefficient (Wildman–Crippen LogP) is 3.25. The van der Waals surface area contributed by atoms with E-state index in [0.717, 1.165) is 24.9 Å². The minimum atomic E-state index is 0.156. The summed E-state index contributed by atoms with van der Waals surface area (Å²) in [5, 5.41) is 12.9. The van der Waals surface area contributed by atoms with Gasteiger partial charge in [-0.05, 0) is 36.0 Å². The van der Waals surface area contributed by atoms with Crippen LogP contribution in [-0.2, 0) is 6.54 Å². The van der Waals surface area contributed by atoms with Gasteiger partial charge in [0.25, 0.3) is 0 Å². The van der Waals surface area contributed by atoms with Gasteiger partial charge in [-0.3, -0.25) is 0 Å².